The van der Waals surface area contributed by atoms with Crippen LogP contribution in [0.15, 0.2) is 0 Å². The third-order valence-corrected chi connectivity index (χ3v) is 4.12. The van der Waals surface area contributed by atoms with E-state index in [1.165, 1.54) is 0 Å². The fraction of sp³-hybridized carbons (Fsp3) is 0.929. The zero-order valence-corrected chi connectivity index (χ0v) is 12.1. The van der Waals surface area contributed by atoms with E-state index in [1.807, 2.05) is 0 Å². The molecule has 0 bridgehead atoms. The van der Waals surface area contributed by atoms with E-state index >= 15 is 0 Å². The van der Waals surface area contributed by atoms with E-state index in [4.69, 9.17) is 9.84 Å². The number of carbonyl (C=O) groups is 1. The molecule has 2 fully saturated rings. The van der Waals surface area contributed by atoms with Crippen molar-refractivity contribution in [2.24, 2.45) is 0 Å². The van der Waals surface area contributed by atoms with E-state index < -0.39 is 5.97 Å². The van der Waals surface area contributed by atoms with Crippen LogP contribution in [0.4, 0.5) is 0 Å². The van der Waals surface area contributed by atoms with Crippen molar-refractivity contribution in [3.05, 3.63) is 0 Å². The Hall–Kier alpha value is -0.650. The summed E-state index contributed by atoms with van der Waals surface area (Å²) in [5.74, 6) is -0.705. The monoisotopic (exact) mass is 270 g/mol. The lowest BCUT2D eigenvalue weighted by atomic mass is 10.1. The van der Waals surface area contributed by atoms with E-state index in [0.29, 0.717) is 12.6 Å². The van der Waals surface area contributed by atoms with Gasteiger partial charge in [0.05, 0.1) is 18.1 Å². The Morgan fingerprint density at radius 2 is 1.89 bits per heavy atom. The summed E-state index contributed by atoms with van der Waals surface area (Å²) in [5.41, 5.74) is 0.0496. The first-order valence-electron chi connectivity index (χ1n) is 7.29. The molecular weight excluding hydrogens is 244 g/mol. The molecule has 1 atom stereocenters. The molecule has 0 aliphatic carbocycles. The van der Waals surface area contributed by atoms with Crippen LogP contribution in [0, 0.1) is 0 Å². The molecule has 19 heavy (non-hydrogen) atoms. The molecule has 0 spiro atoms. The molecule has 1 N–H and O–H groups in total. The van der Waals surface area contributed by atoms with Crippen molar-refractivity contribution in [3.63, 3.8) is 0 Å². The molecule has 2 aliphatic rings. The number of ether oxygens (including phenoxy) is 1. The lowest BCUT2D eigenvalue weighted by Gasteiger charge is -2.35. The molecule has 2 rings (SSSR count). The molecule has 5 nitrogen and oxygen atoms in total. The molecule has 2 aliphatic heterocycles. The zero-order chi connectivity index (χ0) is 13.9. The summed E-state index contributed by atoms with van der Waals surface area (Å²) in [7, 11) is 0. The van der Waals surface area contributed by atoms with Gasteiger partial charge in [0, 0.05) is 39.3 Å². The fourth-order valence-corrected chi connectivity index (χ4v) is 2.94. The predicted octanol–water partition coefficient (Wildman–Crippen LogP) is 1.04. The van der Waals surface area contributed by atoms with Crippen LogP contribution >= 0.6 is 0 Å². The third-order valence-electron chi connectivity index (χ3n) is 4.12. The van der Waals surface area contributed by atoms with Crippen molar-refractivity contribution in [2.45, 2.75) is 44.8 Å². The highest BCUT2D eigenvalue weighted by Crippen LogP contribution is 2.29. The van der Waals surface area contributed by atoms with E-state index in [-0.39, 0.29) is 12.0 Å². The molecule has 110 valence electrons. The first kappa shape index (κ1) is 14.8. The Bertz CT molecular complexity index is 312. The molecule has 0 saturated carbocycles. The van der Waals surface area contributed by atoms with Gasteiger partial charge in [-0.05, 0) is 26.7 Å². The fourth-order valence-electron chi connectivity index (χ4n) is 2.94. The summed E-state index contributed by atoms with van der Waals surface area (Å²) >= 11 is 0. The lowest BCUT2D eigenvalue weighted by molar-refractivity contribution is -0.137. The van der Waals surface area contributed by atoms with E-state index in [2.05, 4.69) is 23.6 Å². The van der Waals surface area contributed by atoms with Crippen LogP contribution in [-0.2, 0) is 9.53 Å². The number of aliphatic carboxylic acids is 1. The second kappa shape index (κ2) is 6.20. The zero-order valence-electron chi connectivity index (χ0n) is 12.1. The second-order valence-electron chi connectivity index (χ2n) is 6.32. The summed E-state index contributed by atoms with van der Waals surface area (Å²) < 4.78 is 6.02. The maximum atomic E-state index is 10.5. The highest BCUT2D eigenvalue weighted by Gasteiger charge is 2.33. The molecule has 5 heteroatoms. The van der Waals surface area contributed by atoms with Crippen LogP contribution in [-0.4, -0.2) is 71.8 Å². The normalized spacial score (nSPS) is 28.6. The van der Waals surface area contributed by atoms with Crippen LogP contribution in [0.1, 0.15) is 33.1 Å². The van der Waals surface area contributed by atoms with Crippen LogP contribution in [0.25, 0.3) is 0 Å². The number of carboxylic acids is 1. The van der Waals surface area contributed by atoms with Crippen LogP contribution < -0.4 is 0 Å². The molecule has 2 heterocycles. The van der Waals surface area contributed by atoms with Crippen molar-refractivity contribution >= 4 is 5.97 Å². The predicted molar refractivity (Wildman–Crippen MR) is 73.3 cm³/mol. The van der Waals surface area contributed by atoms with Gasteiger partial charge in [0.1, 0.15) is 0 Å². The van der Waals surface area contributed by atoms with Crippen molar-refractivity contribution in [3.8, 4) is 0 Å². The summed E-state index contributed by atoms with van der Waals surface area (Å²) in [6, 6.07) is 0. The van der Waals surface area contributed by atoms with Gasteiger partial charge in [0.25, 0.3) is 0 Å². The van der Waals surface area contributed by atoms with Crippen molar-refractivity contribution in [1.82, 2.24) is 9.80 Å². The Morgan fingerprint density at radius 3 is 2.42 bits per heavy atom. The minimum Gasteiger partial charge on any atom is -0.481 e. The maximum Gasteiger partial charge on any atom is 0.304 e. The molecule has 1 unspecified atom stereocenters. The number of piperazine rings is 1. The third kappa shape index (κ3) is 4.75. The van der Waals surface area contributed by atoms with Crippen molar-refractivity contribution in [1.29, 1.82) is 0 Å². The first-order chi connectivity index (χ1) is 8.94. The average molecular weight is 270 g/mol. The summed E-state index contributed by atoms with van der Waals surface area (Å²) in [4.78, 5) is 15.2. The number of hydrogen-bond donors (Lipinski definition) is 1. The standard InChI is InChI=1S/C14H26N2O3/c1-14(2)5-3-12(19-14)11-16-9-7-15(8-10-16)6-4-13(17)18/h12H,3-11H2,1-2H3,(H,17,18). The van der Waals surface area contributed by atoms with Crippen molar-refractivity contribution < 1.29 is 14.6 Å². The minimum atomic E-state index is -0.705. The van der Waals surface area contributed by atoms with Gasteiger partial charge in [-0.25, -0.2) is 0 Å². The van der Waals surface area contributed by atoms with Gasteiger partial charge in [-0.1, -0.05) is 0 Å². The second-order valence-corrected chi connectivity index (χ2v) is 6.32. The van der Waals surface area contributed by atoms with Gasteiger partial charge in [-0.2, -0.15) is 0 Å². The van der Waals surface area contributed by atoms with Crippen LogP contribution in [0.5, 0.6) is 0 Å². The molecule has 0 aromatic carbocycles. The lowest BCUT2D eigenvalue weighted by Crippen LogP contribution is -2.49. The molecule has 0 aromatic rings. The summed E-state index contributed by atoms with van der Waals surface area (Å²) in [5, 5.41) is 8.68. The summed E-state index contributed by atoms with van der Waals surface area (Å²) in [6.07, 6.45) is 2.93. The molecule has 0 aromatic heterocycles. The quantitative estimate of drug-likeness (QED) is 0.809. The first-order valence-corrected chi connectivity index (χ1v) is 7.29. The molecular formula is C14H26N2O3. The van der Waals surface area contributed by atoms with Gasteiger partial charge >= 0.3 is 5.97 Å². The highest BCUT2D eigenvalue weighted by atomic mass is 16.5. The van der Waals surface area contributed by atoms with E-state index in [1.54, 1.807) is 0 Å². The highest BCUT2D eigenvalue weighted by molar-refractivity contribution is 5.66. The number of hydrogen-bond acceptors (Lipinski definition) is 4. The largest absolute Gasteiger partial charge is 0.481 e. The van der Waals surface area contributed by atoms with Gasteiger partial charge in [-0.3, -0.25) is 9.69 Å². The van der Waals surface area contributed by atoms with Crippen molar-refractivity contribution in [2.75, 3.05) is 39.3 Å². The van der Waals surface area contributed by atoms with Gasteiger partial charge in [-0.15, -0.1) is 0 Å². The van der Waals surface area contributed by atoms with E-state index in [9.17, 15) is 4.79 Å². The van der Waals surface area contributed by atoms with Crippen LogP contribution in [0.2, 0.25) is 0 Å². The average Bonchev–Trinajstić information content (AvgIpc) is 2.68. The van der Waals surface area contributed by atoms with Gasteiger partial charge < -0.3 is 14.7 Å². The Morgan fingerprint density at radius 1 is 1.26 bits per heavy atom. The van der Waals surface area contributed by atoms with E-state index in [0.717, 1.165) is 45.6 Å². The molecule has 0 radical (unpaired) electrons. The van der Waals surface area contributed by atoms with Gasteiger partial charge in [0.15, 0.2) is 0 Å². The Kier molecular flexibility index (Phi) is 4.81. The molecule has 0 amide bonds. The number of carboxylic acid groups (broad SMARTS) is 1. The topological polar surface area (TPSA) is 53.0 Å². The Labute approximate surface area is 115 Å². The molecule has 2 saturated heterocycles. The smallest absolute Gasteiger partial charge is 0.304 e. The number of rotatable bonds is 5. The minimum absolute atomic E-state index is 0.0496. The maximum absolute atomic E-state index is 10.5. The van der Waals surface area contributed by atoms with Crippen LogP contribution in [0.3, 0.4) is 0 Å². The number of nitrogens with zero attached hydrogens (tertiary/aromatic N) is 2. The van der Waals surface area contributed by atoms with Gasteiger partial charge in [0.2, 0.25) is 0 Å². The SMILES string of the molecule is CC1(C)CCC(CN2CCN(CCC(=O)O)CC2)O1. The summed E-state index contributed by atoms with van der Waals surface area (Å²) in [6.45, 7) is 10.0. The Balaban J connectivity index is 1.65.